The van der Waals surface area contributed by atoms with Gasteiger partial charge in [0.05, 0.1) is 11.3 Å². The van der Waals surface area contributed by atoms with Crippen LogP contribution in [0.2, 0.25) is 0 Å². The van der Waals surface area contributed by atoms with Crippen LogP contribution < -0.4 is 11.2 Å². The molecule has 0 aliphatic carbocycles. The number of hydrogen-bond acceptors (Lipinski definition) is 8. The first kappa shape index (κ1) is 26.8. The first-order chi connectivity index (χ1) is 11.4. The molecule has 10 nitrogen and oxygen atoms in total. The van der Waals surface area contributed by atoms with Gasteiger partial charge in [0.1, 0.15) is 25.0 Å². The minimum Gasteiger partial charge on any atom is -0.411 e. The summed E-state index contributed by atoms with van der Waals surface area (Å²) >= 11 is 0. The first-order valence-corrected chi connectivity index (χ1v) is 7.85. The molecule has 0 amide bonds. The van der Waals surface area contributed by atoms with Crippen LogP contribution in [0.3, 0.4) is 0 Å². The highest BCUT2D eigenvalue weighted by molar-refractivity contribution is 5.92. The number of nitrogens with two attached hydrogens (primary N) is 1. The summed E-state index contributed by atoms with van der Waals surface area (Å²) < 4.78 is 1.37. The van der Waals surface area contributed by atoms with E-state index in [1.54, 1.807) is 0 Å². The third-order valence-electron chi connectivity index (χ3n) is 3.61. The molecule has 1 atom stereocenters. The van der Waals surface area contributed by atoms with Crippen LogP contribution in [0, 0.1) is 10.1 Å². The molecule has 4 N–H and O–H groups in total. The Morgan fingerprint density at radius 2 is 2.23 bits per heavy atom. The van der Waals surface area contributed by atoms with Gasteiger partial charge in [-0.3, -0.25) is 4.84 Å². The fraction of sp³-hybridized carbons (Fsp3) is 0.714. The lowest BCUT2D eigenvalue weighted by molar-refractivity contribution is -0.397. The molecule has 12 heteroatoms. The molecule has 1 aromatic rings. The molecule has 0 radical (unpaired) electrons. The molecule has 0 aliphatic rings. The average molecular weight is 415 g/mol. The predicted molar refractivity (Wildman–Crippen MR) is 103 cm³/mol. The lowest BCUT2D eigenvalue weighted by atomic mass is 9.95. The molecule has 0 saturated carbocycles. The summed E-state index contributed by atoms with van der Waals surface area (Å²) in [6.07, 6.45) is 4.85. The third-order valence-corrected chi connectivity index (χ3v) is 3.61. The summed E-state index contributed by atoms with van der Waals surface area (Å²) in [7, 11) is 0. The van der Waals surface area contributed by atoms with Crippen molar-refractivity contribution < 1.29 is 15.0 Å². The minimum atomic E-state index is -0.696. The van der Waals surface area contributed by atoms with E-state index in [9.17, 15) is 15.3 Å². The highest BCUT2D eigenvalue weighted by Gasteiger charge is 2.27. The van der Waals surface area contributed by atoms with E-state index < -0.39 is 16.6 Å². The van der Waals surface area contributed by atoms with E-state index >= 15 is 0 Å². The normalized spacial score (nSPS) is 12.8. The van der Waals surface area contributed by atoms with E-state index in [1.807, 2.05) is 20.8 Å². The van der Waals surface area contributed by atoms with E-state index in [0.717, 1.165) is 12.8 Å². The molecule has 1 aromatic heterocycles. The van der Waals surface area contributed by atoms with Crippen LogP contribution in [0.5, 0.6) is 0 Å². The average Bonchev–Trinajstić information content (AvgIpc) is 3.00. The van der Waals surface area contributed by atoms with Gasteiger partial charge in [-0.25, -0.2) is 4.57 Å². The lowest BCUT2D eigenvalue weighted by Gasteiger charge is -2.29. The van der Waals surface area contributed by atoms with E-state index in [0.29, 0.717) is 12.1 Å². The second-order valence-corrected chi connectivity index (χ2v) is 5.99. The van der Waals surface area contributed by atoms with Crippen molar-refractivity contribution in [3.8, 4) is 0 Å². The van der Waals surface area contributed by atoms with Crippen molar-refractivity contribution in [3.63, 3.8) is 0 Å². The molecule has 0 aliphatic heterocycles. The molecule has 0 aromatic carbocycles. The van der Waals surface area contributed by atoms with Gasteiger partial charge in [0.25, 0.3) is 0 Å². The quantitative estimate of drug-likeness (QED) is 0.218. The van der Waals surface area contributed by atoms with Gasteiger partial charge in [-0.1, -0.05) is 23.5 Å². The summed E-state index contributed by atoms with van der Waals surface area (Å²) in [5.41, 5.74) is 8.41. The van der Waals surface area contributed by atoms with Gasteiger partial charge in [-0.05, 0) is 31.6 Å². The van der Waals surface area contributed by atoms with Gasteiger partial charge in [0.15, 0.2) is 0 Å². The number of rotatable bonds is 11. The third kappa shape index (κ3) is 7.83. The number of nitrogens with one attached hydrogen (secondary N) is 1. The molecule has 0 bridgehead atoms. The van der Waals surface area contributed by atoms with Crippen LogP contribution in [0.15, 0.2) is 17.5 Å². The maximum absolute atomic E-state index is 10.9. The predicted octanol–water partition coefficient (Wildman–Crippen LogP) is 2.28. The van der Waals surface area contributed by atoms with Gasteiger partial charge in [-0.15, -0.1) is 24.8 Å². The van der Waals surface area contributed by atoms with E-state index in [-0.39, 0.29) is 43.9 Å². The van der Waals surface area contributed by atoms with Gasteiger partial charge < -0.3 is 21.1 Å². The Morgan fingerprint density at radius 1 is 1.58 bits per heavy atom. The van der Waals surface area contributed by atoms with E-state index in [1.165, 1.54) is 17.0 Å². The standard InChI is InChI=1S/C14H26N6O4.2ClH/c1-4-5-6-12(17-21)14(2,3)18-24-11(9-15)10-19-8-7-16-13(19)20(22)23;;/h7-8,11,18,21H,4-6,9-10,15H2,1-3H3;2*1H/b17-12+;;. The number of unbranched alkanes of at least 4 members (excludes halogenated alkanes) is 1. The summed E-state index contributed by atoms with van der Waals surface area (Å²) in [6, 6.07) is 0. The Morgan fingerprint density at radius 3 is 2.73 bits per heavy atom. The molecule has 1 heterocycles. The van der Waals surface area contributed by atoms with Crippen molar-refractivity contribution in [2.24, 2.45) is 10.9 Å². The van der Waals surface area contributed by atoms with E-state index in [2.05, 4.69) is 15.6 Å². The fourth-order valence-electron chi connectivity index (χ4n) is 2.12. The number of nitro groups is 1. The summed E-state index contributed by atoms with van der Waals surface area (Å²) in [6.45, 7) is 6.03. The van der Waals surface area contributed by atoms with Gasteiger partial charge in [0, 0.05) is 6.54 Å². The van der Waals surface area contributed by atoms with Crippen molar-refractivity contribution >= 4 is 36.5 Å². The number of oxime groups is 1. The van der Waals surface area contributed by atoms with Crippen LogP contribution in [-0.4, -0.2) is 43.6 Å². The van der Waals surface area contributed by atoms with Crippen LogP contribution in [0.4, 0.5) is 5.95 Å². The number of halogens is 2. The highest BCUT2D eigenvalue weighted by Crippen LogP contribution is 2.14. The number of nitrogens with zero attached hydrogens (tertiary/aromatic N) is 4. The Balaban J connectivity index is 0. The second-order valence-electron chi connectivity index (χ2n) is 5.99. The van der Waals surface area contributed by atoms with Crippen LogP contribution in [0.1, 0.15) is 40.0 Å². The smallest absolute Gasteiger partial charge is 0.411 e. The maximum atomic E-state index is 10.9. The van der Waals surface area contributed by atoms with Gasteiger partial charge in [0.2, 0.25) is 0 Å². The minimum absolute atomic E-state index is 0. The molecule has 0 fully saturated rings. The van der Waals surface area contributed by atoms with Gasteiger partial charge in [-0.2, -0.15) is 5.48 Å². The van der Waals surface area contributed by atoms with Crippen molar-refractivity contribution in [2.75, 3.05) is 6.54 Å². The first-order valence-electron chi connectivity index (χ1n) is 7.85. The van der Waals surface area contributed by atoms with Crippen LogP contribution in [-0.2, 0) is 11.4 Å². The molecule has 152 valence electrons. The Kier molecular flexibility index (Phi) is 13.2. The topological polar surface area (TPSA) is 141 Å². The zero-order valence-corrected chi connectivity index (χ0v) is 16.8. The molecule has 0 saturated heterocycles. The molecular weight excluding hydrogens is 387 g/mol. The zero-order valence-electron chi connectivity index (χ0n) is 15.1. The molecule has 0 spiro atoms. The number of imidazole rings is 1. The Hall–Kier alpha value is -1.46. The maximum Gasteiger partial charge on any atom is 0.434 e. The Bertz CT molecular complexity index is 567. The summed E-state index contributed by atoms with van der Waals surface area (Å²) in [4.78, 5) is 19.6. The van der Waals surface area contributed by atoms with Crippen LogP contribution >= 0.6 is 24.8 Å². The van der Waals surface area contributed by atoms with Crippen molar-refractivity contribution in [1.29, 1.82) is 0 Å². The SMILES string of the molecule is CCCC/C(=N\O)C(C)(C)NOC(CN)Cn1ccnc1[N+](=O)[O-].Cl.Cl. The van der Waals surface area contributed by atoms with Crippen molar-refractivity contribution in [1.82, 2.24) is 15.0 Å². The Labute approximate surface area is 165 Å². The fourth-order valence-corrected chi connectivity index (χ4v) is 2.12. The van der Waals surface area contributed by atoms with Crippen molar-refractivity contribution in [2.45, 2.75) is 58.2 Å². The monoisotopic (exact) mass is 414 g/mol. The molecule has 26 heavy (non-hydrogen) atoms. The van der Waals surface area contributed by atoms with Gasteiger partial charge >= 0.3 is 5.95 Å². The largest absolute Gasteiger partial charge is 0.434 e. The molecule has 1 unspecified atom stereocenters. The molecular formula is C14H28Cl2N6O4. The molecule has 1 rings (SSSR count). The second kappa shape index (κ2) is 12.8. The lowest BCUT2D eigenvalue weighted by Crippen LogP contribution is -2.49. The number of hydrogen-bond donors (Lipinski definition) is 3. The van der Waals surface area contributed by atoms with E-state index in [4.69, 9.17) is 10.6 Å². The van der Waals surface area contributed by atoms with Crippen LogP contribution in [0.25, 0.3) is 0 Å². The summed E-state index contributed by atoms with van der Waals surface area (Å²) in [5.74, 6) is -0.267. The summed E-state index contributed by atoms with van der Waals surface area (Å²) in [5, 5.41) is 23.4. The highest BCUT2D eigenvalue weighted by atomic mass is 35.5. The number of hydroxylamine groups is 1. The van der Waals surface area contributed by atoms with Crippen molar-refractivity contribution in [3.05, 3.63) is 22.5 Å². The number of aromatic nitrogens is 2. The zero-order chi connectivity index (χ0) is 18.2.